The maximum Gasteiger partial charge on any atom is 0.192 e. The Morgan fingerprint density at radius 3 is 2.30 bits per heavy atom. The van der Waals surface area contributed by atoms with Crippen molar-refractivity contribution in [1.29, 1.82) is 0 Å². The van der Waals surface area contributed by atoms with Crippen LogP contribution in [0.4, 0.5) is 0 Å². The van der Waals surface area contributed by atoms with Gasteiger partial charge in [0.05, 0.1) is 5.25 Å². The van der Waals surface area contributed by atoms with E-state index in [1.54, 1.807) is 31.5 Å². The fourth-order valence-electron chi connectivity index (χ4n) is 2.23. The van der Waals surface area contributed by atoms with Crippen LogP contribution in [0, 0.1) is 6.92 Å². The molecule has 3 nitrogen and oxygen atoms in total. The van der Waals surface area contributed by atoms with Gasteiger partial charge in [-0.3, -0.25) is 0 Å². The van der Waals surface area contributed by atoms with Crippen LogP contribution in [0.5, 0.6) is 0 Å². The molecular formula is C15H19NO2S2. The minimum absolute atomic E-state index is 0.220. The van der Waals surface area contributed by atoms with Gasteiger partial charge in [0, 0.05) is 6.04 Å². The number of nitrogens with one attached hydrogen (secondary N) is 1. The summed E-state index contributed by atoms with van der Waals surface area (Å²) in [4.78, 5) is 0. The lowest BCUT2D eigenvalue weighted by Crippen LogP contribution is -2.33. The van der Waals surface area contributed by atoms with E-state index in [9.17, 15) is 8.42 Å². The predicted molar refractivity (Wildman–Crippen MR) is 83.9 cm³/mol. The summed E-state index contributed by atoms with van der Waals surface area (Å²) in [5.74, 6) is 0. The molecule has 5 heteroatoms. The van der Waals surface area contributed by atoms with Crippen LogP contribution in [0.15, 0.2) is 46.0 Å². The zero-order valence-corrected chi connectivity index (χ0v) is 13.5. The second-order valence-corrected chi connectivity index (χ2v) is 8.34. The Kier molecular flexibility index (Phi) is 4.62. The Morgan fingerprint density at radius 2 is 1.80 bits per heavy atom. The molecule has 0 saturated carbocycles. The number of thiophene rings is 1. The van der Waals surface area contributed by atoms with Crippen molar-refractivity contribution in [2.45, 2.75) is 29.3 Å². The first-order valence-corrected chi connectivity index (χ1v) is 8.90. The van der Waals surface area contributed by atoms with Crippen LogP contribution in [0.3, 0.4) is 0 Å². The third-order valence-electron chi connectivity index (χ3n) is 3.48. The van der Waals surface area contributed by atoms with Crippen LogP contribution in [-0.4, -0.2) is 20.7 Å². The molecule has 0 spiro atoms. The highest BCUT2D eigenvalue weighted by molar-refractivity contribution is 7.94. The highest BCUT2D eigenvalue weighted by Crippen LogP contribution is 2.29. The number of hydrogen-bond donors (Lipinski definition) is 1. The fourth-order valence-corrected chi connectivity index (χ4v) is 5.13. The number of rotatable bonds is 5. The Hall–Kier alpha value is -1.17. The summed E-state index contributed by atoms with van der Waals surface area (Å²) in [7, 11) is -1.51. The Bertz CT molecular complexity index is 646. The molecule has 2 aromatic rings. The smallest absolute Gasteiger partial charge is 0.192 e. The average Bonchev–Trinajstić information content (AvgIpc) is 2.96. The molecule has 1 aromatic heterocycles. The van der Waals surface area contributed by atoms with Crippen LogP contribution in [0.1, 0.15) is 24.1 Å². The van der Waals surface area contributed by atoms with Gasteiger partial charge in [0.15, 0.2) is 9.84 Å². The number of sulfone groups is 1. The Morgan fingerprint density at radius 1 is 1.15 bits per heavy atom. The Labute approximate surface area is 124 Å². The SMILES string of the molecule is CNC(c1ccc(C)cc1)C(C)S(=O)(=O)c1cccs1. The largest absolute Gasteiger partial charge is 0.312 e. The van der Waals surface area contributed by atoms with Crippen LogP contribution >= 0.6 is 11.3 Å². The van der Waals surface area contributed by atoms with Gasteiger partial charge >= 0.3 is 0 Å². The topological polar surface area (TPSA) is 46.2 Å². The fraction of sp³-hybridized carbons (Fsp3) is 0.333. The van der Waals surface area contributed by atoms with Gasteiger partial charge in [0.25, 0.3) is 0 Å². The van der Waals surface area contributed by atoms with Crippen LogP contribution in [-0.2, 0) is 9.84 Å². The molecule has 0 saturated heterocycles. The van der Waals surface area contributed by atoms with E-state index in [-0.39, 0.29) is 6.04 Å². The van der Waals surface area contributed by atoms with Crippen LogP contribution in [0.25, 0.3) is 0 Å². The lowest BCUT2D eigenvalue weighted by Gasteiger charge is -2.23. The standard InChI is InChI=1S/C15H19NO2S2/c1-11-6-8-13(9-7-11)15(16-3)12(2)20(17,18)14-5-4-10-19-14/h4-10,12,15-16H,1-3H3. The van der Waals surface area contributed by atoms with E-state index in [0.29, 0.717) is 4.21 Å². The molecule has 2 unspecified atom stereocenters. The highest BCUT2D eigenvalue weighted by Gasteiger charge is 2.31. The molecule has 1 N–H and O–H groups in total. The first-order chi connectivity index (χ1) is 9.46. The maximum atomic E-state index is 12.6. The quantitative estimate of drug-likeness (QED) is 0.922. The highest BCUT2D eigenvalue weighted by atomic mass is 32.2. The monoisotopic (exact) mass is 309 g/mol. The van der Waals surface area contributed by atoms with E-state index in [4.69, 9.17) is 0 Å². The summed E-state index contributed by atoms with van der Waals surface area (Å²) in [6.07, 6.45) is 0. The third-order valence-corrected chi connectivity index (χ3v) is 7.08. The summed E-state index contributed by atoms with van der Waals surface area (Å²) in [5, 5.41) is 4.40. The molecule has 1 heterocycles. The van der Waals surface area contributed by atoms with Crippen molar-refractivity contribution in [3.05, 3.63) is 52.9 Å². The molecule has 0 radical (unpaired) electrons. The summed E-state index contributed by atoms with van der Waals surface area (Å²) in [5.41, 5.74) is 2.16. The minimum Gasteiger partial charge on any atom is -0.312 e. The second-order valence-electron chi connectivity index (χ2n) is 4.86. The molecule has 2 rings (SSSR count). The number of aryl methyl sites for hydroxylation is 1. The molecule has 0 bridgehead atoms. The van der Waals surface area contributed by atoms with Gasteiger partial charge in [0.1, 0.15) is 4.21 Å². The first-order valence-electron chi connectivity index (χ1n) is 6.48. The maximum absolute atomic E-state index is 12.6. The molecule has 20 heavy (non-hydrogen) atoms. The normalized spacial score (nSPS) is 14.9. The molecule has 0 amide bonds. The van der Waals surface area contributed by atoms with Crippen LogP contribution in [0.2, 0.25) is 0 Å². The lowest BCUT2D eigenvalue weighted by molar-refractivity contribution is 0.532. The van der Waals surface area contributed by atoms with Gasteiger partial charge < -0.3 is 5.32 Å². The van der Waals surface area contributed by atoms with Gasteiger partial charge in [-0.1, -0.05) is 35.9 Å². The number of benzene rings is 1. The summed E-state index contributed by atoms with van der Waals surface area (Å²) < 4.78 is 25.6. The molecule has 1 aromatic carbocycles. The van der Waals surface area contributed by atoms with Gasteiger partial charge in [-0.2, -0.15) is 0 Å². The van der Waals surface area contributed by atoms with Crippen molar-refractivity contribution in [3.8, 4) is 0 Å². The van der Waals surface area contributed by atoms with Gasteiger partial charge in [-0.15, -0.1) is 11.3 Å². The van der Waals surface area contributed by atoms with E-state index in [0.717, 1.165) is 11.1 Å². The van der Waals surface area contributed by atoms with Crippen molar-refractivity contribution in [3.63, 3.8) is 0 Å². The molecule has 0 aliphatic carbocycles. The third kappa shape index (κ3) is 2.95. The van der Waals surface area contributed by atoms with Gasteiger partial charge in [0.2, 0.25) is 0 Å². The van der Waals surface area contributed by atoms with E-state index in [2.05, 4.69) is 5.32 Å². The minimum atomic E-state index is -3.31. The van der Waals surface area contributed by atoms with E-state index in [1.165, 1.54) is 11.3 Å². The van der Waals surface area contributed by atoms with Crippen LogP contribution < -0.4 is 5.32 Å². The van der Waals surface area contributed by atoms with Crippen molar-refractivity contribution >= 4 is 21.2 Å². The summed E-state index contributed by atoms with van der Waals surface area (Å²) in [6, 6.07) is 11.2. The molecule has 0 aliphatic heterocycles. The van der Waals surface area contributed by atoms with Gasteiger partial charge in [-0.05, 0) is 37.9 Å². The van der Waals surface area contributed by atoms with Crippen molar-refractivity contribution in [2.24, 2.45) is 0 Å². The molecule has 2 atom stereocenters. The number of hydrogen-bond acceptors (Lipinski definition) is 4. The van der Waals surface area contributed by atoms with Gasteiger partial charge in [-0.25, -0.2) is 8.42 Å². The molecule has 108 valence electrons. The van der Waals surface area contributed by atoms with E-state index < -0.39 is 15.1 Å². The summed E-state index contributed by atoms with van der Waals surface area (Å²) in [6.45, 7) is 3.78. The average molecular weight is 309 g/mol. The van der Waals surface area contributed by atoms with Crippen molar-refractivity contribution < 1.29 is 8.42 Å². The second kappa shape index (κ2) is 6.08. The van der Waals surface area contributed by atoms with Crippen molar-refractivity contribution in [2.75, 3.05) is 7.05 Å². The summed E-state index contributed by atoms with van der Waals surface area (Å²) >= 11 is 1.27. The first kappa shape index (κ1) is 15.2. The van der Waals surface area contributed by atoms with E-state index >= 15 is 0 Å². The Balaban J connectivity index is 2.34. The predicted octanol–water partition coefficient (Wildman–Crippen LogP) is 3.18. The van der Waals surface area contributed by atoms with Crippen molar-refractivity contribution in [1.82, 2.24) is 5.32 Å². The molecule has 0 fully saturated rings. The molecular weight excluding hydrogens is 290 g/mol. The molecule has 0 aliphatic rings. The van der Waals surface area contributed by atoms with E-state index in [1.807, 2.05) is 31.2 Å². The lowest BCUT2D eigenvalue weighted by atomic mass is 10.0. The zero-order valence-electron chi connectivity index (χ0n) is 11.8. The zero-order chi connectivity index (χ0) is 14.8.